The van der Waals surface area contributed by atoms with E-state index in [1.807, 2.05) is 36.4 Å². The van der Waals surface area contributed by atoms with Crippen molar-refractivity contribution in [2.24, 2.45) is 0 Å². The summed E-state index contributed by atoms with van der Waals surface area (Å²) in [6, 6.07) is 18.8. The van der Waals surface area contributed by atoms with Crippen LogP contribution in [0.25, 0.3) is 11.1 Å². The van der Waals surface area contributed by atoms with Gasteiger partial charge < -0.3 is 10.1 Å². The molecule has 0 bridgehead atoms. The number of halogens is 4. The molecule has 0 saturated carbocycles. The number of ether oxygens (including phenoxy) is 1. The van der Waals surface area contributed by atoms with E-state index in [0.29, 0.717) is 24.0 Å². The molecule has 0 aliphatic carbocycles. The fourth-order valence-corrected chi connectivity index (χ4v) is 3.84. The lowest BCUT2D eigenvalue weighted by Gasteiger charge is -2.29. The number of rotatable bonds is 6. The van der Waals surface area contributed by atoms with Crippen molar-refractivity contribution in [1.29, 1.82) is 0 Å². The molecule has 3 aromatic carbocycles. The number of carbonyl (C=O) groups excluding carboxylic acids is 1. The molecule has 1 unspecified atom stereocenters. The molecule has 0 saturated heterocycles. The van der Waals surface area contributed by atoms with Crippen LogP contribution < -0.4 is 10.1 Å². The smallest absolute Gasteiger partial charge is 0.428 e. The number of hydrogen-bond donors (Lipinski definition) is 1. The summed E-state index contributed by atoms with van der Waals surface area (Å²) in [6.45, 7) is 0. The van der Waals surface area contributed by atoms with Gasteiger partial charge in [0, 0.05) is 11.3 Å². The highest BCUT2D eigenvalue weighted by Crippen LogP contribution is 2.39. The van der Waals surface area contributed by atoms with Gasteiger partial charge in [-0.3, -0.25) is 4.79 Å². The molecule has 1 N–H and O–H groups in total. The van der Waals surface area contributed by atoms with E-state index >= 15 is 0 Å². The fourth-order valence-electron chi connectivity index (χ4n) is 3.84. The van der Waals surface area contributed by atoms with Crippen molar-refractivity contribution >= 4 is 12.0 Å². The summed E-state index contributed by atoms with van der Waals surface area (Å²) in [5, 5.41) is 3.40. The number of nitrogens with one attached hydrogen (secondary N) is 1. The molecular weight excluding hydrogens is 410 g/mol. The number of carbonyl (C=O) groups is 1. The lowest BCUT2D eigenvalue weighted by atomic mass is 9.88. The van der Waals surface area contributed by atoms with Crippen molar-refractivity contribution < 1.29 is 27.1 Å². The van der Waals surface area contributed by atoms with E-state index in [4.69, 9.17) is 0 Å². The summed E-state index contributed by atoms with van der Waals surface area (Å²) in [5.74, 6) is -0.310. The van der Waals surface area contributed by atoms with Gasteiger partial charge in [-0.05, 0) is 59.4 Å². The Morgan fingerprint density at radius 1 is 1.03 bits per heavy atom. The van der Waals surface area contributed by atoms with Crippen LogP contribution in [0.15, 0.2) is 66.7 Å². The van der Waals surface area contributed by atoms with E-state index < -0.39 is 12.5 Å². The van der Waals surface area contributed by atoms with Gasteiger partial charge in [-0.1, -0.05) is 42.5 Å². The minimum atomic E-state index is -4.55. The second-order valence-electron chi connectivity index (χ2n) is 7.35. The normalized spacial score (nSPS) is 15.8. The van der Waals surface area contributed by atoms with Gasteiger partial charge in [0.05, 0.1) is 6.04 Å². The van der Waals surface area contributed by atoms with E-state index in [9.17, 15) is 22.4 Å². The number of fused-ring (bicyclic) bond motifs is 1. The average Bonchev–Trinajstić information content (AvgIpc) is 2.78. The zero-order valence-electron chi connectivity index (χ0n) is 16.3. The van der Waals surface area contributed by atoms with Gasteiger partial charge in [0.25, 0.3) is 0 Å². The fraction of sp³-hybridized carbons (Fsp3) is 0.208. The van der Waals surface area contributed by atoms with Gasteiger partial charge in [-0.25, -0.2) is 0 Å². The predicted molar refractivity (Wildman–Crippen MR) is 110 cm³/mol. The second-order valence-corrected chi connectivity index (χ2v) is 7.35. The van der Waals surface area contributed by atoms with Crippen LogP contribution in [0.1, 0.15) is 33.9 Å². The number of hydrogen-bond acceptors (Lipinski definition) is 3. The Kier molecular flexibility index (Phi) is 5.67. The molecule has 3 nitrogen and oxygen atoms in total. The molecule has 0 spiro atoms. The monoisotopic (exact) mass is 429 g/mol. The molecule has 0 radical (unpaired) electrons. The maximum absolute atomic E-state index is 13.3. The lowest BCUT2D eigenvalue weighted by molar-refractivity contribution is -0.253. The van der Waals surface area contributed by atoms with Crippen LogP contribution in [-0.2, 0) is 6.42 Å². The highest BCUT2D eigenvalue weighted by Gasteiger charge is 2.44. The van der Waals surface area contributed by atoms with Crippen LogP contribution in [0.3, 0.4) is 0 Å². The predicted octanol–water partition coefficient (Wildman–Crippen LogP) is 6.50. The molecule has 0 fully saturated rings. The molecule has 3 aromatic rings. The Labute approximate surface area is 176 Å². The Bertz CT molecular complexity index is 1100. The van der Waals surface area contributed by atoms with Crippen LogP contribution in [-0.4, -0.2) is 18.8 Å². The largest absolute Gasteiger partial charge is 0.461 e. The van der Waals surface area contributed by atoms with Crippen LogP contribution in [0.5, 0.6) is 5.75 Å². The van der Waals surface area contributed by atoms with Crippen molar-refractivity contribution in [3.8, 4) is 16.9 Å². The van der Waals surface area contributed by atoms with Crippen molar-refractivity contribution in [1.82, 2.24) is 0 Å². The highest BCUT2D eigenvalue weighted by atomic mass is 19.3. The first-order chi connectivity index (χ1) is 14.9. The number of benzene rings is 3. The van der Waals surface area contributed by atoms with Crippen LogP contribution in [0, 0.1) is 0 Å². The zero-order chi connectivity index (χ0) is 22.0. The first-order valence-electron chi connectivity index (χ1n) is 9.76. The minimum Gasteiger partial charge on any atom is -0.428 e. The molecule has 7 heteroatoms. The summed E-state index contributed by atoms with van der Waals surface area (Å²) in [7, 11) is 0. The lowest BCUT2D eigenvalue weighted by Crippen LogP contribution is -2.33. The highest BCUT2D eigenvalue weighted by molar-refractivity contribution is 5.81. The van der Waals surface area contributed by atoms with E-state index in [-0.39, 0.29) is 11.8 Å². The van der Waals surface area contributed by atoms with Gasteiger partial charge in [0.2, 0.25) is 0 Å². The number of alkyl halides is 4. The Hall–Kier alpha value is -3.35. The topological polar surface area (TPSA) is 38.3 Å². The van der Waals surface area contributed by atoms with Crippen LogP contribution in [0.4, 0.5) is 23.2 Å². The van der Waals surface area contributed by atoms with E-state index in [1.54, 1.807) is 12.1 Å². The second kappa shape index (κ2) is 8.41. The molecule has 0 aromatic heterocycles. The first kappa shape index (κ1) is 20.9. The third kappa shape index (κ3) is 4.40. The average molecular weight is 429 g/mol. The van der Waals surface area contributed by atoms with Gasteiger partial charge >= 0.3 is 12.5 Å². The maximum Gasteiger partial charge on any atom is 0.461 e. The Morgan fingerprint density at radius 2 is 1.81 bits per heavy atom. The third-order valence-corrected chi connectivity index (χ3v) is 5.29. The molecule has 1 atom stereocenters. The summed E-state index contributed by atoms with van der Waals surface area (Å²) >= 11 is 0. The van der Waals surface area contributed by atoms with Crippen molar-refractivity contribution in [2.45, 2.75) is 31.4 Å². The summed E-state index contributed by atoms with van der Waals surface area (Å²) in [6.07, 6.45) is -6.26. The summed E-state index contributed by atoms with van der Waals surface area (Å²) in [5.41, 5.74) is 5.20. The molecule has 1 aliphatic heterocycles. The molecule has 31 heavy (non-hydrogen) atoms. The Balaban J connectivity index is 1.59. The van der Waals surface area contributed by atoms with Crippen LogP contribution in [0.2, 0.25) is 0 Å². The van der Waals surface area contributed by atoms with Crippen LogP contribution >= 0.6 is 0 Å². The van der Waals surface area contributed by atoms with E-state index in [2.05, 4.69) is 10.1 Å². The third-order valence-electron chi connectivity index (χ3n) is 5.29. The van der Waals surface area contributed by atoms with Gasteiger partial charge in [-0.15, -0.1) is 0 Å². The van der Waals surface area contributed by atoms with E-state index in [0.717, 1.165) is 28.7 Å². The van der Waals surface area contributed by atoms with Crippen molar-refractivity contribution in [2.75, 3.05) is 5.32 Å². The standard InChI is InChI=1S/C24H19F4NO2/c25-23(26)24(27,28)31-18-7-2-6-17(13-18)21-11-10-20-19(8-3-9-22(20)29-21)16-5-1-4-15(12-16)14-30/h1-9,12-14,21,23,29H,10-11H2. The Morgan fingerprint density at radius 3 is 2.58 bits per heavy atom. The molecule has 1 aliphatic rings. The maximum atomic E-state index is 13.3. The molecule has 0 amide bonds. The molecule has 4 rings (SSSR count). The van der Waals surface area contributed by atoms with Gasteiger partial charge in [-0.2, -0.15) is 17.6 Å². The van der Waals surface area contributed by atoms with Gasteiger partial charge in [0.15, 0.2) is 0 Å². The quantitative estimate of drug-likeness (QED) is 0.359. The zero-order valence-corrected chi connectivity index (χ0v) is 16.3. The summed E-state index contributed by atoms with van der Waals surface area (Å²) < 4.78 is 55.6. The number of anilines is 1. The minimum absolute atomic E-state index is 0.187. The van der Waals surface area contributed by atoms with E-state index in [1.165, 1.54) is 18.2 Å². The van der Waals surface area contributed by atoms with Gasteiger partial charge in [0.1, 0.15) is 12.0 Å². The van der Waals surface area contributed by atoms with Crippen molar-refractivity contribution in [3.63, 3.8) is 0 Å². The molecule has 160 valence electrons. The summed E-state index contributed by atoms with van der Waals surface area (Å²) in [4.78, 5) is 11.1. The number of aldehydes is 1. The molecule has 1 heterocycles. The molecular formula is C24H19F4NO2. The first-order valence-corrected chi connectivity index (χ1v) is 9.76. The van der Waals surface area contributed by atoms with Crippen molar-refractivity contribution in [3.05, 3.63) is 83.4 Å². The SMILES string of the molecule is O=Cc1cccc(-c2cccc3c2CCC(c2cccc(OC(F)(F)C(F)F)c2)N3)c1.